The second-order valence-corrected chi connectivity index (χ2v) is 4.73. The van der Waals surface area contributed by atoms with Crippen molar-refractivity contribution in [3.05, 3.63) is 47.9 Å². The third-order valence-electron chi connectivity index (χ3n) is 3.38. The lowest BCUT2D eigenvalue weighted by molar-refractivity contribution is 0.746. The van der Waals surface area contributed by atoms with Crippen LogP contribution in [0.2, 0.25) is 0 Å². The van der Waals surface area contributed by atoms with Crippen molar-refractivity contribution in [1.82, 2.24) is 14.8 Å². The number of nitrogens with one attached hydrogen (secondary N) is 2. The summed E-state index contributed by atoms with van der Waals surface area (Å²) in [5, 5.41) is 9.19. The molecule has 1 aromatic carbocycles. The summed E-state index contributed by atoms with van der Waals surface area (Å²) in [6.07, 6.45) is 5.05. The fourth-order valence-corrected chi connectivity index (χ4v) is 2.41. The van der Waals surface area contributed by atoms with Crippen molar-refractivity contribution in [3.63, 3.8) is 0 Å². The van der Waals surface area contributed by atoms with Crippen LogP contribution in [0.25, 0.3) is 10.9 Å². The van der Waals surface area contributed by atoms with Crippen molar-refractivity contribution in [3.8, 4) is 0 Å². The van der Waals surface area contributed by atoms with Gasteiger partial charge < -0.3 is 10.3 Å². The molecule has 98 valence electrons. The van der Waals surface area contributed by atoms with Crippen LogP contribution in [0, 0.1) is 0 Å². The summed E-state index contributed by atoms with van der Waals surface area (Å²) in [5.41, 5.74) is 4.69. The molecule has 2 N–H and O–H groups in total. The third kappa shape index (κ3) is 2.21. The average molecular weight is 254 g/mol. The lowest BCUT2D eigenvalue weighted by Crippen LogP contribution is -2.00. The van der Waals surface area contributed by atoms with E-state index >= 15 is 0 Å². The lowest BCUT2D eigenvalue weighted by atomic mass is 10.2. The second kappa shape index (κ2) is 4.80. The Morgan fingerprint density at radius 3 is 3.00 bits per heavy atom. The minimum absolute atomic E-state index is 0.808. The summed E-state index contributed by atoms with van der Waals surface area (Å²) in [6, 6.07) is 8.36. The number of rotatable bonds is 4. The molecule has 19 heavy (non-hydrogen) atoms. The van der Waals surface area contributed by atoms with Crippen LogP contribution in [0.4, 0.5) is 5.69 Å². The predicted octanol–water partition coefficient (Wildman–Crippen LogP) is 3.08. The van der Waals surface area contributed by atoms with Crippen molar-refractivity contribution in [2.24, 2.45) is 7.05 Å². The van der Waals surface area contributed by atoms with E-state index in [2.05, 4.69) is 46.7 Å². The molecule has 0 spiro atoms. The van der Waals surface area contributed by atoms with Gasteiger partial charge in [0.05, 0.1) is 11.4 Å². The molecule has 0 aliphatic heterocycles. The lowest BCUT2D eigenvalue weighted by Gasteiger charge is -2.04. The maximum Gasteiger partial charge on any atom is 0.0853 e. The molecule has 0 saturated heterocycles. The zero-order chi connectivity index (χ0) is 13.2. The minimum Gasteiger partial charge on any atom is -0.378 e. The van der Waals surface area contributed by atoms with E-state index in [0.717, 1.165) is 24.3 Å². The quantitative estimate of drug-likeness (QED) is 0.751. The highest BCUT2D eigenvalue weighted by Gasteiger charge is 2.07. The Labute approximate surface area is 112 Å². The zero-order valence-electron chi connectivity index (χ0n) is 11.3. The Kier molecular flexibility index (Phi) is 2.99. The molecule has 4 heteroatoms. The number of aromatic amines is 1. The first-order valence-electron chi connectivity index (χ1n) is 6.59. The number of nitrogens with zero attached hydrogens (tertiary/aromatic N) is 2. The Balaban J connectivity index is 1.82. The van der Waals surface area contributed by atoms with Gasteiger partial charge in [0, 0.05) is 36.9 Å². The van der Waals surface area contributed by atoms with E-state index in [0.29, 0.717) is 0 Å². The highest BCUT2D eigenvalue weighted by atomic mass is 15.3. The second-order valence-electron chi connectivity index (χ2n) is 4.73. The topological polar surface area (TPSA) is 45.6 Å². The highest BCUT2D eigenvalue weighted by Crippen LogP contribution is 2.20. The molecule has 4 nitrogen and oxygen atoms in total. The number of para-hydroxylation sites is 1. The van der Waals surface area contributed by atoms with Crippen LogP contribution in [0.1, 0.15) is 18.2 Å². The summed E-state index contributed by atoms with van der Waals surface area (Å²) in [7, 11) is 1.95. The van der Waals surface area contributed by atoms with Gasteiger partial charge in [0.1, 0.15) is 0 Å². The van der Waals surface area contributed by atoms with Crippen molar-refractivity contribution >= 4 is 16.6 Å². The number of hydrogen-bond acceptors (Lipinski definition) is 2. The fourth-order valence-electron chi connectivity index (χ4n) is 2.41. The predicted molar refractivity (Wildman–Crippen MR) is 78.2 cm³/mol. The SMILES string of the molecule is CCc1nn(C)cc1NCc1c[nH]c2ccccc12. The number of aryl methyl sites for hydroxylation is 2. The number of hydrogen-bond donors (Lipinski definition) is 2. The fraction of sp³-hybridized carbons (Fsp3) is 0.267. The van der Waals surface area contributed by atoms with Gasteiger partial charge in [-0.15, -0.1) is 0 Å². The van der Waals surface area contributed by atoms with E-state index in [4.69, 9.17) is 0 Å². The summed E-state index contributed by atoms with van der Waals surface area (Å²) in [4.78, 5) is 3.30. The molecule has 3 rings (SSSR count). The Morgan fingerprint density at radius 1 is 1.32 bits per heavy atom. The molecule has 0 unspecified atom stereocenters. The van der Waals surface area contributed by atoms with E-state index < -0.39 is 0 Å². The van der Waals surface area contributed by atoms with Gasteiger partial charge in [0.25, 0.3) is 0 Å². The van der Waals surface area contributed by atoms with E-state index in [1.165, 1.54) is 16.5 Å². The molecule has 0 amide bonds. The van der Waals surface area contributed by atoms with Crippen molar-refractivity contribution in [1.29, 1.82) is 0 Å². The van der Waals surface area contributed by atoms with Crippen LogP contribution in [-0.4, -0.2) is 14.8 Å². The van der Waals surface area contributed by atoms with Crippen molar-refractivity contribution in [2.75, 3.05) is 5.32 Å². The maximum atomic E-state index is 4.44. The molecule has 0 radical (unpaired) electrons. The Morgan fingerprint density at radius 2 is 2.16 bits per heavy atom. The van der Waals surface area contributed by atoms with E-state index in [-0.39, 0.29) is 0 Å². The molecule has 2 heterocycles. The molecule has 0 aliphatic carbocycles. The van der Waals surface area contributed by atoms with Gasteiger partial charge in [-0.2, -0.15) is 5.10 Å². The Hall–Kier alpha value is -2.23. The van der Waals surface area contributed by atoms with E-state index in [9.17, 15) is 0 Å². The molecule has 3 aromatic rings. The zero-order valence-corrected chi connectivity index (χ0v) is 11.3. The van der Waals surface area contributed by atoms with E-state index in [1.807, 2.05) is 24.0 Å². The molecular weight excluding hydrogens is 236 g/mol. The van der Waals surface area contributed by atoms with Gasteiger partial charge in [-0.1, -0.05) is 25.1 Å². The van der Waals surface area contributed by atoms with Crippen LogP contribution in [-0.2, 0) is 20.0 Å². The van der Waals surface area contributed by atoms with Crippen LogP contribution in [0.5, 0.6) is 0 Å². The molecule has 0 aliphatic rings. The van der Waals surface area contributed by atoms with Gasteiger partial charge in [-0.05, 0) is 18.1 Å². The van der Waals surface area contributed by atoms with Gasteiger partial charge in [0.15, 0.2) is 0 Å². The van der Waals surface area contributed by atoms with E-state index in [1.54, 1.807) is 0 Å². The number of H-pyrrole nitrogens is 1. The molecule has 0 fully saturated rings. The first kappa shape index (κ1) is 11.8. The molecule has 0 bridgehead atoms. The standard InChI is InChI=1S/C15H18N4/c1-3-13-15(10-19(2)18-13)17-9-11-8-16-14-7-5-4-6-12(11)14/h4-8,10,16-17H,3,9H2,1-2H3. The molecule has 2 aromatic heterocycles. The van der Waals surface area contributed by atoms with Crippen molar-refractivity contribution < 1.29 is 0 Å². The van der Waals surface area contributed by atoms with Crippen molar-refractivity contribution in [2.45, 2.75) is 19.9 Å². The van der Waals surface area contributed by atoms with Gasteiger partial charge in [-0.25, -0.2) is 0 Å². The summed E-state index contributed by atoms with van der Waals surface area (Å²) in [5.74, 6) is 0. The van der Waals surface area contributed by atoms with Crippen LogP contribution in [0.15, 0.2) is 36.7 Å². The first-order valence-corrected chi connectivity index (χ1v) is 6.59. The average Bonchev–Trinajstić information content (AvgIpc) is 2.99. The monoisotopic (exact) mass is 254 g/mol. The normalized spacial score (nSPS) is 11.1. The van der Waals surface area contributed by atoms with Gasteiger partial charge >= 0.3 is 0 Å². The Bertz CT molecular complexity index is 693. The number of anilines is 1. The minimum atomic E-state index is 0.808. The maximum absolute atomic E-state index is 4.44. The van der Waals surface area contributed by atoms with Gasteiger partial charge in [0.2, 0.25) is 0 Å². The third-order valence-corrected chi connectivity index (χ3v) is 3.38. The highest BCUT2D eigenvalue weighted by molar-refractivity contribution is 5.83. The first-order chi connectivity index (χ1) is 9.28. The van der Waals surface area contributed by atoms with Crippen LogP contribution >= 0.6 is 0 Å². The largest absolute Gasteiger partial charge is 0.378 e. The van der Waals surface area contributed by atoms with Crippen LogP contribution < -0.4 is 5.32 Å². The number of benzene rings is 1. The molecular formula is C15H18N4. The van der Waals surface area contributed by atoms with Gasteiger partial charge in [-0.3, -0.25) is 4.68 Å². The summed E-state index contributed by atoms with van der Waals surface area (Å²) >= 11 is 0. The summed E-state index contributed by atoms with van der Waals surface area (Å²) < 4.78 is 1.86. The summed E-state index contributed by atoms with van der Waals surface area (Å²) in [6.45, 7) is 2.93. The smallest absolute Gasteiger partial charge is 0.0853 e. The number of aromatic nitrogens is 3. The van der Waals surface area contributed by atoms with Crippen LogP contribution in [0.3, 0.4) is 0 Å². The number of fused-ring (bicyclic) bond motifs is 1. The molecule has 0 saturated carbocycles. The molecule has 0 atom stereocenters.